The molecule has 1 aliphatic rings. The molecule has 0 saturated heterocycles. The number of hydrogen-bond acceptors (Lipinski definition) is 5. The number of amides is 1. The Morgan fingerprint density at radius 1 is 1.15 bits per heavy atom. The number of carbonyl (C=O) groups excluding carboxylic acids is 1. The van der Waals surface area contributed by atoms with E-state index in [1.165, 1.54) is 12.1 Å². The minimum Gasteiger partial charge on any atom is -0.312 e. The topological polar surface area (TPSA) is 110 Å². The number of nitro groups is 1. The van der Waals surface area contributed by atoms with Gasteiger partial charge in [-0.1, -0.05) is 6.92 Å². The first-order valence-electron chi connectivity index (χ1n) is 8.52. The van der Waals surface area contributed by atoms with Crippen molar-refractivity contribution in [2.75, 3.05) is 16.2 Å². The molecule has 1 N–H and O–H groups in total. The van der Waals surface area contributed by atoms with Crippen molar-refractivity contribution in [1.82, 2.24) is 0 Å². The number of hydrogen-bond donors (Lipinski definition) is 1. The van der Waals surface area contributed by atoms with Crippen LogP contribution in [0.5, 0.6) is 0 Å². The summed E-state index contributed by atoms with van der Waals surface area (Å²) >= 11 is 0. The number of anilines is 2. The number of aryl methyl sites for hydroxylation is 1. The Bertz CT molecular complexity index is 987. The minimum atomic E-state index is -3.87. The Morgan fingerprint density at radius 3 is 2.48 bits per heavy atom. The van der Waals surface area contributed by atoms with Gasteiger partial charge in [-0.15, -0.1) is 0 Å². The fourth-order valence-corrected chi connectivity index (χ4v) is 4.10. The van der Waals surface area contributed by atoms with Gasteiger partial charge in [0, 0.05) is 36.5 Å². The van der Waals surface area contributed by atoms with Crippen LogP contribution in [0.3, 0.4) is 0 Å². The molecule has 0 aliphatic carbocycles. The molecule has 0 saturated carbocycles. The second-order valence-corrected chi connectivity index (χ2v) is 7.93. The van der Waals surface area contributed by atoms with Gasteiger partial charge in [-0.05, 0) is 48.7 Å². The van der Waals surface area contributed by atoms with Crippen molar-refractivity contribution in [3.63, 3.8) is 0 Å². The lowest BCUT2D eigenvalue weighted by atomic mass is 10.0. The molecule has 0 spiro atoms. The Kier molecular flexibility index (Phi) is 5.13. The van der Waals surface area contributed by atoms with Crippen LogP contribution in [-0.4, -0.2) is 25.8 Å². The summed E-state index contributed by atoms with van der Waals surface area (Å²) in [6.07, 6.45) is 1.78. The van der Waals surface area contributed by atoms with Crippen LogP contribution in [-0.2, 0) is 21.2 Å². The predicted molar refractivity (Wildman–Crippen MR) is 101 cm³/mol. The fraction of sp³-hybridized carbons (Fsp3) is 0.278. The number of sulfonamides is 1. The van der Waals surface area contributed by atoms with Crippen LogP contribution in [0.4, 0.5) is 17.1 Å². The number of nitrogens with one attached hydrogen (secondary N) is 1. The van der Waals surface area contributed by atoms with Crippen LogP contribution in [0.15, 0.2) is 47.4 Å². The molecule has 3 rings (SSSR count). The molecule has 1 aliphatic heterocycles. The number of benzene rings is 2. The molecule has 2 aromatic rings. The molecule has 0 fully saturated rings. The molecule has 2 aromatic carbocycles. The maximum Gasteiger partial charge on any atom is 0.269 e. The van der Waals surface area contributed by atoms with Gasteiger partial charge in [0.15, 0.2) is 0 Å². The number of carbonyl (C=O) groups is 1. The lowest BCUT2D eigenvalue weighted by Crippen LogP contribution is -2.35. The zero-order chi connectivity index (χ0) is 19.6. The third kappa shape index (κ3) is 3.92. The van der Waals surface area contributed by atoms with Crippen molar-refractivity contribution < 1.29 is 18.1 Å². The SMILES string of the molecule is CCCN1C(=O)CCc2cc(NS(=O)(=O)c3ccc([N+](=O)[O-])cc3)ccc21. The molecule has 0 bridgehead atoms. The Labute approximate surface area is 157 Å². The van der Waals surface area contributed by atoms with Crippen molar-refractivity contribution in [3.8, 4) is 0 Å². The van der Waals surface area contributed by atoms with Crippen LogP contribution < -0.4 is 9.62 Å². The van der Waals surface area contributed by atoms with Gasteiger partial charge in [0.1, 0.15) is 0 Å². The summed E-state index contributed by atoms with van der Waals surface area (Å²) in [4.78, 5) is 23.9. The van der Waals surface area contributed by atoms with Crippen LogP contribution >= 0.6 is 0 Å². The first-order valence-corrected chi connectivity index (χ1v) is 10.0. The summed E-state index contributed by atoms with van der Waals surface area (Å²) in [5, 5.41) is 10.7. The summed E-state index contributed by atoms with van der Waals surface area (Å²) in [5.74, 6) is 0.0727. The van der Waals surface area contributed by atoms with E-state index in [-0.39, 0.29) is 16.5 Å². The monoisotopic (exact) mass is 389 g/mol. The lowest BCUT2D eigenvalue weighted by Gasteiger charge is -2.29. The van der Waals surface area contributed by atoms with Gasteiger partial charge in [-0.2, -0.15) is 0 Å². The first-order chi connectivity index (χ1) is 12.8. The Morgan fingerprint density at radius 2 is 1.85 bits per heavy atom. The summed E-state index contributed by atoms with van der Waals surface area (Å²) < 4.78 is 27.5. The van der Waals surface area contributed by atoms with E-state index in [1.54, 1.807) is 23.1 Å². The van der Waals surface area contributed by atoms with Gasteiger partial charge < -0.3 is 4.90 Å². The third-order valence-corrected chi connectivity index (χ3v) is 5.73. The van der Waals surface area contributed by atoms with E-state index in [9.17, 15) is 23.3 Å². The maximum absolute atomic E-state index is 12.5. The van der Waals surface area contributed by atoms with Crippen LogP contribution in [0.1, 0.15) is 25.3 Å². The minimum absolute atomic E-state index is 0.0615. The quantitative estimate of drug-likeness (QED) is 0.603. The van der Waals surface area contributed by atoms with Gasteiger partial charge in [-0.3, -0.25) is 19.6 Å². The van der Waals surface area contributed by atoms with E-state index in [2.05, 4.69) is 4.72 Å². The molecule has 0 atom stereocenters. The summed E-state index contributed by atoms with van der Waals surface area (Å²) in [6.45, 7) is 2.62. The molecule has 0 unspecified atom stereocenters. The fourth-order valence-electron chi connectivity index (χ4n) is 3.05. The lowest BCUT2D eigenvalue weighted by molar-refractivity contribution is -0.384. The molecular weight excluding hydrogens is 370 g/mol. The summed E-state index contributed by atoms with van der Waals surface area (Å²) in [6, 6.07) is 9.78. The first kappa shape index (κ1) is 18.8. The molecular formula is C18H19N3O5S. The molecule has 1 amide bonds. The molecule has 0 aromatic heterocycles. The van der Waals surface area contributed by atoms with E-state index in [4.69, 9.17) is 0 Å². The van der Waals surface area contributed by atoms with Crippen molar-refractivity contribution in [2.24, 2.45) is 0 Å². The van der Waals surface area contributed by atoms with E-state index in [0.29, 0.717) is 25.1 Å². The highest BCUT2D eigenvalue weighted by molar-refractivity contribution is 7.92. The Balaban J connectivity index is 1.85. The number of non-ortho nitro benzene ring substituents is 1. The van der Waals surface area contributed by atoms with E-state index < -0.39 is 14.9 Å². The van der Waals surface area contributed by atoms with Gasteiger partial charge in [0.2, 0.25) is 5.91 Å². The highest BCUT2D eigenvalue weighted by Gasteiger charge is 2.24. The largest absolute Gasteiger partial charge is 0.312 e. The van der Waals surface area contributed by atoms with Crippen LogP contribution in [0.2, 0.25) is 0 Å². The molecule has 9 heteroatoms. The normalized spacial score (nSPS) is 14.0. The average molecular weight is 389 g/mol. The zero-order valence-corrected chi connectivity index (χ0v) is 15.5. The van der Waals surface area contributed by atoms with Crippen LogP contribution in [0, 0.1) is 10.1 Å². The van der Waals surface area contributed by atoms with E-state index in [0.717, 1.165) is 29.8 Å². The molecule has 142 valence electrons. The van der Waals surface area contributed by atoms with Gasteiger partial charge >= 0.3 is 0 Å². The zero-order valence-electron chi connectivity index (χ0n) is 14.7. The van der Waals surface area contributed by atoms with Crippen molar-refractivity contribution in [1.29, 1.82) is 0 Å². The molecule has 27 heavy (non-hydrogen) atoms. The third-order valence-electron chi connectivity index (χ3n) is 4.34. The smallest absolute Gasteiger partial charge is 0.269 e. The van der Waals surface area contributed by atoms with Gasteiger partial charge in [0.05, 0.1) is 9.82 Å². The van der Waals surface area contributed by atoms with Gasteiger partial charge in [0.25, 0.3) is 15.7 Å². The highest BCUT2D eigenvalue weighted by atomic mass is 32.2. The predicted octanol–water partition coefficient (Wildman–Crippen LogP) is 3.08. The van der Waals surface area contributed by atoms with Crippen LogP contribution in [0.25, 0.3) is 0 Å². The highest BCUT2D eigenvalue weighted by Crippen LogP contribution is 2.31. The second kappa shape index (κ2) is 7.36. The summed E-state index contributed by atoms with van der Waals surface area (Å²) in [7, 11) is -3.87. The van der Waals surface area contributed by atoms with Crippen molar-refractivity contribution >= 4 is 33.0 Å². The number of fused-ring (bicyclic) bond motifs is 1. The van der Waals surface area contributed by atoms with E-state index >= 15 is 0 Å². The molecule has 8 nitrogen and oxygen atoms in total. The maximum atomic E-state index is 12.5. The molecule has 0 radical (unpaired) electrons. The van der Waals surface area contributed by atoms with Crippen molar-refractivity contribution in [2.45, 2.75) is 31.1 Å². The summed E-state index contributed by atoms with van der Waals surface area (Å²) in [5.41, 5.74) is 1.93. The standard InChI is InChI=1S/C18H19N3O5S/c1-2-11-20-17-9-4-14(12-13(17)3-10-18(20)22)19-27(25,26)16-7-5-15(6-8-16)21(23)24/h4-9,12,19H,2-3,10-11H2,1H3. The number of nitrogens with zero attached hydrogens (tertiary/aromatic N) is 2. The number of rotatable bonds is 6. The molecule has 1 heterocycles. The Hall–Kier alpha value is -2.94. The van der Waals surface area contributed by atoms with Gasteiger partial charge in [-0.25, -0.2) is 8.42 Å². The van der Waals surface area contributed by atoms with Crippen molar-refractivity contribution in [3.05, 3.63) is 58.1 Å². The second-order valence-electron chi connectivity index (χ2n) is 6.25. The number of nitro benzene ring substituents is 1. The average Bonchev–Trinajstić information content (AvgIpc) is 2.64. The van der Waals surface area contributed by atoms with E-state index in [1.807, 2.05) is 6.92 Å².